The predicted molar refractivity (Wildman–Crippen MR) is 194 cm³/mol. The number of likely N-dealkylation sites (N-methyl/N-ethyl adjacent to an activating group) is 1. The van der Waals surface area contributed by atoms with E-state index in [0.29, 0.717) is 29.5 Å². The van der Waals surface area contributed by atoms with Gasteiger partial charge in [0.15, 0.2) is 5.13 Å². The van der Waals surface area contributed by atoms with Crippen LogP contribution in [-0.2, 0) is 29.1 Å². The van der Waals surface area contributed by atoms with E-state index in [9.17, 15) is 24.4 Å². The number of nitriles is 1. The number of nitrogen functional groups attached to an aromatic ring is 1. The Morgan fingerprint density at radius 2 is 1.81 bits per heavy atom. The second kappa shape index (κ2) is 16.1. The fourth-order valence-electron chi connectivity index (χ4n) is 6.40. The molecular weight excluding hydrogens is 685 g/mol. The quantitative estimate of drug-likeness (QED) is 0.184. The number of amides is 5. The number of piperazine rings is 1. The van der Waals surface area contributed by atoms with Crippen LogP contribution in [0.5, 0.6) is 5.75 Å². The Morgan fingerprint density at radius 1 is 1.04 bits per heavy atom. The molecule has 2 aliphatic rings. The van der Waals surface area contributed by atoms with Gasteiger partial charge >= 0.3 is 12.1 Å². The highest BCUT2D eigenvalue weighted by atomic mass is 32.1. The van der Waals surface area contributed by atoms with E-state index in [-0.39, 0.29) is 51.0 Å². The lowest BCUT2D eigenvalue weighted by atomic mass is 9.99. The highest BCUT2D eigenvalue weighted by Gasteiger charge is 2.52. The summed E-state index contributed by atoms with van der Waals surface area (Å²) in [5, 5.41) is 18.5. The first kappa shape index (κ1) is 36.0. The van der Waals surface area contributed by atoms with Crippen molar-refractivity contribution in [3.63, 3.8) is 0 Å². The average molecular weight is 725 g/mol. The Balaban J connectivity index is 1.25. The third-order valence-corrected chi connectivity index (χ3v) is 9.74. The molecule has 5 amide bonds. The van der Waals surface area contributed by atoms with Crippen molar-refractivity contribution in [2.45, 2.75) is 31.7 Å². The molecule has 0 aliphatic carbocycles. The third-order valence-electron chi connectivity index (χ3n) is 8.89. The molecule has 15 nitrogen and oxygen atoms in total. The van der Waals surface area contributed by atoms with E-state index in [1.54, 1.807) is 34.2 Å². The fraction of sp³-hybridized carbons (Fsp3) is 0.333. The minimum absolute atomic E-state index is 0.0840. The van der Waals surface area contributed by atoms with Gasteiger partial charge in [-0.05, 0) is 49.0 Å². The first-order valence-electron chi connectivity index (χ1n) is 16.8. The predicted octanol–water partition coefficient (Wildman–Crippen LogP) is 2.60. The van der Waals surface area contributed by atoms with Crippen LogP contribution in [0.15, 0.2) is 72.8 Å². The van der Waals surface area contributed by atoms with Gasteiger partial charge in [0.25, 0.3) is 0 Å². The molecule has 6 rings (SSSR count). The van der Waals surface area contributed by atoms with E-state index in [1.807, 2.05) is 67.5 Å². The van der Waals surface area contributed by atoms with Crippen molar-refractivity contribution in [1.82, 2.24) is 40.3 Å². The summed E-state index contributed by atoms with van der Waals surface area (Å²) >= 11 is 1.36. The molecular formula is C36H40N10O5S. The van der Waals surface area contributed by atoms with Gasteiger partial charge in [-0.1, -0.05) is 65.9 Å². The zero-order valence-electron chi connectivity index (χ0n) is 28.9. The lowest BCUT2D eigenvalue weighted by molar-refractivity contribution is -0.157. The van der Waals surface area contributed by atoms with Crippen LogP contribution >= 0.6 is 11.3 Å². The number of urea groups is 1. The number of fused-ring (bicyclic) bond motifs is 2. The van der Waals surface area contributed by atoms with Gasteiger partial charge in [0.2, 0.25) is 11.8 Å². The maximum Gasteiger partial charge on any atom is 0.412 e. The van der Waals surface area contributed by atoms with Gasteiger partial charge in [-0.25, -0.2) is 19.6 Å². The molecule has 1 aromatic heterocycles. The Bertz CT molecular complexity index is 1970. The van der Waals surface area contributed by atoms with E-state index in [4.69, 9.17) is 10.5 Å². The summed E-state index contributed by atoms with van der Waals surface area (Å²) in [4.78, 5) is 63.6. The topological polar surface area (TPSA) is 180 Å². The molecule has 4 aromatic rings. The number of nitrogens with one attached hydrogen (secondary N) is 2. The molecule has 0 radical (unpaired) electrons. The average Bonchev–Trinajstić information content (AvgIpc) is 3.67. The molecule has 2 atom stereocenters. The molecule has 0 spiro atoms. The standard InChI is InChI=1S/C36H40N10O5S/c1-42(2)18-16-39-36(50)51-27-13-11-24(12-14-27)19-28-33(48)43(21-26-9-6-10-29-32(26)41-34(38)52-29)22-30-45(23-31(47)46(28)30)44(17-15-37)35(49)40-20-25-7-4-3-5-8-25/h3-14,28,30H,16-23H2,1-2H3,(H2,38,41)(H,39,50)(H,40,49)/t28-,30+/m0/s1. The van der Waals surface area contributed by atoms with Crippen LogP contribution in [0.25, 0.3) is 10.2 Å². The number of para-hydroxylation sites is 1. The normalized spacial score (nSPS) is 17.3. The van der Waals surface area contributed by atoms with E-state index < -0.39 is 24.3 Å². The minimum Gasteiger partial charge on any atom is -0.410 e. The number of thiazole rings is 1. The number of carbonyl (C=O) groups excluding carboxylic acids is 4. The highest BCUT2D eigenvalue weighted by molar-refractivity contribution is 7.22. The molecule has 16 heteroatoms. The SMILES string of the molecule is CN(C)CCNC(=O)Oc1ccc(C[C@H]2C(=O)N(Cc3cccc4sc(N)nc34)C[C@H]3N2C(=O)CN3N(CC#N)C(=O)NCc2ccccc2)cc1. The summed E-state index contributed by atoms with van der Waals surface area (Å²) in [6.45, 7) is 1.08. The molecule has 0 saturated carbocycles. The van der Waals surface area contributed by atoms with Crippen LogP contribution in [0.1, 0.15) is 16.7 Å². The largest absolute Gasteiger partial charge is 0.412 e. The Kier molecular flexibility index (Phi) is 11.1. The smallest absolute Gasteiger partial charge is 0.410 e. The number of benzene rings is 3. The van der Waals surface area contributed by atoms with Gasteiger partial charge in [-0.15, -0.1) is 0 Å². The number of hydrazine groups is 1. The molecule has 0 unspecified atom stereocenters. The van der Waals surface area contributed by atoms with Crippen molar-refractivity contribution in [3.8, 4) is 11.8 Å². The number of rotatable bonds is 12. The number of ether oxygens (including phenoxy) is 1. The fourth-order valence-corrected chi connectivity index (χ4v) is 7.18. The van der Waals surface area contributed by atoms with Crippen molar-refractivity contribution >= 4 is 50.6 Å². The van der Waals surface area contributed by atoms with Gasteiger partial charge in [0.05, 0.1) is 29.4 Å². The van der Waals surface area contributed by atoms with Gasteiger partial charge in [-0.3, -0.25) is 9.59 Å². The first-order valence-corrected chi connectivity index (χ1v) is 17.6. The Morgan fingerprint density at radius 3 is 2.54 bits per heavy atom. The van der Waals surface area contributed by atoms with Crippen molar-refractivity contribution < 1.29 is 23.9 Å². The number of anilines is 1. The number of nitrogens with zero attached hydrogens (tertiary/aromatic N) is 7. The van der Waals surface area contributed by atoms with Crippen LogP contribution in [-0.4, -0.2) is 113 Å². The number of hydrogen-bond donors (Lipinski definition) is 3. The summed E-state index contributed by atoms with van der Waals surface area (Å²) in [5.74, 6) is -0.286. The van der Waals surface area contributed by atoms with Crippen LogP contribution in [0.4, 0.5) is 14.7 Å². The van der Waals surface area contributed by atoms with Crippen LogP contribution in [0.3, 0.4) is 0 Å². The lowest BCUT2D eigenvalue weighted by Gasteiger charge is -2.46. The maximum absolute atomic E-state index is 14.4. The minimum atomic E-state index is -0.923. The van der Waals surface area contributed by atoms with Crippen molar-refractivity contribution in [2.24, 2.45) is 0 Å². The Labute approximate surface area is 305 Å². The zero-order valence-corrected chi connectivity index (χ0v) is 29.7. The number of nitrogens with two attached hydrogens (primary N) is 1. The van der Waals surface area contributed by atoms with Crippen molar-refractivity contribution in [1.29, 1.82) is 5.26 Å². The second-order valence-electron chi connectivity index (χ2n) is 12.8. The number of carbonyl (C=O) groups is 4. The summed E-state index contributed by atoms with van der Waals surface area (Å²) in [6.07, 6.45) is -1.16. The first-order chi connectivity index (χ1) is 25.1. The lowest BCUT2D eigenvalue weighted by Crippen LogP contribution is -2.66. The van der Waals surface area contributed by atoms with Crippen LogP contribution in [0.2, 0.25) is 0 Å². The number of aromatic nitrogens is 1. The molecule has 3 aromatic carbocycles. The molecule has 52 heavy (non-hydrogen) atoms. The molecule has 0 bridgehead atoms. The summed E-state index contributed by atoms with van der Waals surface area (Å²) < 4.78 is 6.29. The summed E-state index contributed by atoms with van der Waals surface area (Å²) in [5.41, 5.74) is 9.12. The van der Waals surface area contributed by atoms with Gasteiger partial charge in [0.1, 0.15) is 24.5 Å². The van der Waals surface area contributed by atoms with E-state index in [2.05, 4.69) is 21.7 Å². The third kappa shape index (κ3) is 8.23. The van der Waals surface area contributed by atoms with Gasteiger partial charge in [-0.2, -0.15) is 10.3 Å². The van der Waals surface area contributed by atoms with Crippen LogP contribution in [0, 0.1) is 11.3 Å². The molecule has 3 heterocycles. The monoisotopic (exact) mass is 724 g/mol. The van der Waals surface area contributed by atoms with E-state index >= 15 is 0 Å². The maximum atomic E-state index is 14.4. The molecule has 2 aliphatic heterocycles. The Hall–Kier alpha value is -5.76. The summed E-state index contributed by atoms with van der Waals surface area (Å²) in [6, 6.07) is 22.4. The number of hydrogen-bond acceptors (Lipinski definition) is 11. The molecule has 2 fully saturated rings. The molecule has 270 valence electrons. The molecule has 4 N–H and O–H groups in total. The zero-order chi connectivity index (χ0) is 36.8. The van der Waals surface area contributed by atoms with E-state index in [0.717, 1.165) is 21.4 Å². The van der Waals surface area contributed by atoms with E-state index in [1.165, 1.54) is 21.2 Å². The van der Waals surface area contributed by atoms with Gasteiger partial charge < -0.3 is 35.8 Å². The van der Waals surface area contributed by atoms with Crippen molar-refractivity contribution in [2.75, 3.05) is 52.6 Å². The van der Waals surface area contributed by atoms with Crippen LogP contribution < -0.4 is 21.1 Å². The van der Waals surface area contributed by atoms with Gasteiger partial charge in [0, 0.05) is 32.6 Å². The highest BCUT2D eigenvalue weighted by Crippen LogP contribution is 2.32. The molecule has 2 saturated heterocycles. The second-order valence-corrected chi connectivity index (χ2v) is 13.8. The summed E-state index contributed by atoms with van der Waals surface area (Å²) in [7, 11) is 3.81. The van der Waals surface area contributed by atoms with Crippen molar-refractivity contribution in [3.05, 3.63) is 89.5 Å².